The highest BCUT2D eigenvalue weighted by atomic mass is 16.2. The van der Waals surface area contributed by atoms with Crippen molar-refractivity contribution in [3.8, 4) is 0 Å². The first-order valence-electron chi connectivity index (χ1n) is 6.37. The van der Waals surface area contributed by atoms with Crippen molar-refractivity contribution in [3.05, 3.63) is 30.1 Å². The molecule has 0 radical (unpaired) electrons. The summed E-state index contributed by atoms with van der Waals surface area (Å²) < 4.78 is 0. The lowest BCUT2D eigenvalue weighted by atomic mass is 10.1. The van der Waals surface area contributed by atoms with Crippen LogP contribution in [0.1, 0.15) is 5.56 Å². The number of hydrogen-bond acceptors (Lipinski definition) is 3. The van der Waals surface area contributed by atoms with Gasteiger partial charge < -0.3 is 9.80 Å². The molecule has 5 heteroatoms. The zero-order valence-corrected chi connectivity index (χ0v) is 10.6. The Morgan fingerprint density at radius 1 is 1.39 bits per heavy atom. The molecule has 3 rings (SSSR count). The first kappa shape index (κ1) is 11.5. The molecular weight excluding hydrogens is 228 g/mol. The third-order valence-corrected chi connectivity index (χ3v) is 3.75. The highest BCUT2D eigenvalue weighted by molar-refractivity contribution is 5.77. The van der Waals surface area contributed by atoms with Gasteiger partial charge in [0.05, 0.1) is 6.04 Å². The lowest BCUT2D eigenvalue weighted by Gasteiger charge is -2.36. The van der Waals surface area contributed by atoms with E-state index in [1.54, 1.807) is 6.20 Å². The van der Waals surface area contributed by atoms with Crippen LogP contribution in [0.15, 0.2) is 24.5 Å². The summed E-state index contributed by atoms with van der Waals surface area (Å²) in [5.41, 5.74) is 1.24. The summed E-state index contributed by atoms with van der Waals surface area (Å²) in [6.07, 6.45) is 3.71. The van der Waals surface area contributed by atoms with Crippen LogP contribution in [0.3, 0.4) is 0 Å². The summed E-state index contributed by atoms with van der Waals surface area (Å²) in [4.78, 5) is 22.2. The van der Waals surface area contributed by atoms with E-state index in [-0.39, 0.29) is 6.03 Å². The number of amides is 2. The number of likely N-dealkylation sites (N-methyl/N-ethyl adjacent to an activating group) is 1. The number of fused-ring (bicyclic) bond motifs is 1. The van der Waals surface area contributed by atoms with Crippen LogP contribution in [-0.4, -0.2) is 65.0 Å². The molecule has 2 amide bonds. The molecule has 2 fully saturated rings. The van der Waals surface area contributed by atoms with Gasteiger partial charge in [-0.25, -0.2) is 4.79 Å². The zero-order chi connectivity index (χ0) is 12.5. The fourth-order valence-electron chi connectivity index (χ4n) is 2.83. The van der Waals surface area contributed by atoms with E-state index in [0.717, 1.165) is 32.7 Å². The summed E-state index contributed by atoms with van der Waals surface area (Å²) in [6.45, 7) is 4.53. The van der Waals surface area contributed by atoms with E-state index in [4.69, 9.17) is 0 Å². The lowest BCUT2D eigenvalue weighted by Crippen LogP contribution is -2.51. The van der Waals surface area contributed by atoms with E-state index in [1.165, 1.54) is 5.56 Å². The topological polar surface area (TPSA) is 39.7 Å². The van der Waals surface area contributed by atoms with Crippen molar-refractivity contribution in [1.29, 1.82) is 0 Å². The van der Waals surface area contributed by atoms with Crippen molar-refractivity contribution < 1.29 is 4.79 Å². The predicted molar refractivity (Wildman–Crippen MR) is 68.0 cm³/mol. The number of hydrogen-bond donors (Lipinski definition) is 0. The largest absolute Gasteiger partial charge is 0.326 e. The summed E-state index contributed by atoms with van der Waals surface area (Å²) in [7, 11) is 1.88. The smallest absolute Gasteiger partial charge is 0.320 e. The number of rotatable bonds is 2. The number of carbonyl (C=O) groups excluding carboxylic acids is 1. The van der Waals surface area contributed by atoms with Gasteiger partial charge in [0.15, 0.2) is 0 Å². The number of urea groups is 1. The monoisotopic (exact) mass is 246 g/mol. The Bertz CT molecular complexity index is 436. The standard InChI is InChI=1S/C13H18N4O/c1-15-9-12-10-16(5-6-17(12)13(15)18)8-11-3-2-4-14-7-11/h2-4,7,12H,5-6,8-10H2,1H3. The van der Waals surface area contributed by atoms with Gasteiger partial charge in [-0.2, -0.15) is 0 Å². The van der Waals surface area contributed by atoms with Crippen molar-refractivity contribution in [2.45, 2.75) is 12.6 Å². The molecule has 18 heavy (non-hydrogen) atoms. The van der Waals surface area contributed by atoms with Crippen molar-refractivity contribution in [3.63, 3.8) is 0 Å². The van der Waals surface area contributed by atoms with Crippen LogP contribution < -0.4 is 0 Å². The van der Waals surface area contributed by atoms with Crippen LogP contribution in [0.4, 0.5) is 4.79 Å². The minimum atomic E-state index is 0.182. The summed E-state index contributed by atoms with van der Waals surface area (Å²) in [6, 6.07) is 4.61. The van der Waals surface area contributed by atoms with Gasteiger partial charge in [-0.1, -0.05) is 6.07 Å². The number of pyridine rings is 1. The number of nitrogens with zero attached hydrogens (tertiary/aromatic N) is 4. The van der Waals surface area contributed by atoms with Gasteiger partial charge in [0.1, 0.15) is 0 Å². The van der Waals surface area contributed by atoms with Crippen molar-refractivity contribution >= 4 is 6.03 Å². The minimum absolute atomic E-state index is 0.182. The first-order chi connectivity index (χ1) is 8.74. The average Bonchev–Trinajstić information content (AvgIpc) is 2.66. The van der Waals surface area contributed by atoms with Crippen LogP contribution in [-0.2, 0) is 6.54 Å². The van der Waals surface area contributed by atoms with Gasteiger partial charge in [0.25, 0.3) is 0 Å². The minimum Gasteiger partial charge on any atom is -0.326 e. The first-order valence-corrected chi connectivity index (χ1v) is 6.37. The van der Waals surface area contributed by atoms with Gasteiger partial charge in [-0.3, -0.25) is 9.88 Å². The second-order valence-electron chi connectivity index (χ2n) is 5.11. The second kappa shape index (κ2) is 4.57. The highest BCUT2D eigenvalue weighted by Gasteiger charge is 2.38. The Balaban J connectivity index is 1.63. The van der Waals surface area contributed by atoms with Crippen LogP contribution in [0, 0.1) is 0 Å². The van der Waals surface area contributed by atoms with Gasteiger partial charge in [-0.15, -0.1) is 0 Å². The van der Waals surface area contributed by atoms with Crippen molar-refractivity contribution in [1.82, 2.24) is 19.7 Å². The predicted octanol–water partition coefficient (Wildman–Crippen LogP) is 0.633. The Labute approximate surface area is 107 Å². The molecule has 1 unspecified atom stereocenters. The molecule has 0 aliphatic carbocycles. The van der Waals surface area contributed by atoms with Crippen molar-refractivity contribution in [2.24, 2.45) is 0 Å². The van der Waals surface area contributed by atoms with Crippen molar-refractivity contribution in [2.75, 3.05) is 33.2 Å². The molecule has 2 aliphatic rings. The van der Waals surface area contributed by atoms with E-state index < -0.39 is 0 Å². The van der Waals surface area contributed by atoms with Crippen LogP contribution >= 0.6 is 0 Å². The van der Waals surface area contributed by atoms with E-state index in [1.807, 2.05) is 29.1 Å². The third kappa shape index (κ3) is 2.06. The average molecular weight is 246 g/mol. The maximum Gasteiger partial charge on any atom is 0.320 e. The lowest BCUT2D eigenvalue weighted by molar-refractivity contribution is 0.116. The normalized spacial score (nSPS) is 24.5. The molecule has 0 N–H and O–H groups in total. The fourth-order valence-corrected chi connectivity index (χ4v) is 2.83. The molecule has 3 heterocycles. The molecule has 0 aromatic carbocycles. The summed E-state index contributed by atoms with van der Waals surface area (Å²) in [5, 5.41) is 0. The Kier molecular flexibility index (Phi) is 2.91. The molecule has 96 valence electrons. The molecule has 0 bridgehead atoms. The molecular formula is C13H18N4O. The van der Waals surface area contributed by atoms with Gasteiger partial charge in [0.2, 0.25) is 0 Å². The number of piperazine rings is 1. The molecule has 5 nitrogen and oxygen atoms in total. The molecule has 1 aromatic rings. The molecule has 0 saturated carbocycles. The van der Waals surface area contributed by atoms with Gasteiger partial charge >= 0.3 is 6.03 Å². The van der Waals surface area contributed by atoms with Gasteiger partial charge in [0, 0.05) is 52.2 Å². The van der Waals surface area contributed by atoms with Gasteiger partial charge in [-0.05, 0) is 11.6 Å². The Hall–Kier alpha value is -1.62. The maximum absolute atomic E-state index is 11.8. The van der Waals surface area contributed by atoms with Crippen LogP contribution in [0.25, 0.3) is 0 Å². The summed E-state index contributed by atoms with van der Waals surface area (Å²) in [5.74, 6) is 0. The van der Waals surface area contributed by atoms with E-state index in [2.05, 4.69) is 16.0 Å². The Morgan fingerprint density at radius 2 is 2.28 bits per heavy atom. The molecule has 2 aliphatic heterocycles. The van der Waals surface area contributed by atoms with E-state index in [9.17, 15) is 4.79 Å². The van der Waals surface area contributed by atoms with E-state index in [0.29, 0.717) is 6.04 Å². The summed E-state index contributed by atoms with van der Waals surface area (Å²) >= 11 is 0. The van der Waals surface area contributed by atoms with Crippen LogP contribution in [0.5, 0.6) is 0 Å². The second-order valence-corrected chi connectivity index (χ2v) is 5.11. The number of aromatic nitrogens is 1. The fraction of sp³-hybridized carbons (Fsp3) is 0.538. The number of carbonyl (C=O) groups is 1. The quantitative estimate of drug-likeness (QED) is 0.768. The SMILES string of the molecule is CN1CC2CN(Cc3cccnc3)CCN2C1=O. The Morgan fingerprint density at radius 3 is 3.06 bits per heavy atom. The molecule has 1 aromatic heterocycles. The molecule has 1 atom stereocenters. The highest BCUT2D eigenvalue weighted by Crippen LogP contribution is 2.20. The maximum atomic E-state index is 11.8. The third-order valence-electron chi connectivity index (χ3n) is 3.75. The molecule has 0 spiro atoms. The molecule has 2 saturated heterocycles. The van der Waals surface area contributed by atoms with E-state index >= 15 is 0 Å². The zero-order valence-electron chi connectivity index (χ0n) is 10.6. The van der Waals surface area contributed by atoms with Crippen LogP contribution in [0.2, 0.25) is 0 Å².